The van der Waals surface area contributed by atoms with Crippen LogP contribution in [0.4, 0.5) is 22.0 Å². The van der Waals surface area contributed by atoms with Gasteiger partial charge in [0, 0.05) is 36.4 Å². The number of nitrogens with zero attached hydrogens (tertiary/aromatic N) is 2. The van der Waals surface area contributed by atoms with E-state index in [1.807, 2.05) is 0 Å². The van der Waals surface area contributed by atoms with Crippen molar-refractivity contribution in [3.05, 3.63) is 76.2 Å². The zero-order chi connectivity index (χ0) is 19.9. The second-order valence-corrected chi connectivity index (χ2v) is 6.53. The van der Waals surface area contributed by atoms with E-state index in [1.54, 1.807) is 55.0 Å². The van der Waals surface area contributed by atoms with E-state index in [4.69, 9.17) is 28.6 Å². The van der Waals surface area contributed by atoms with Gasteiger partial charge in [0.1, 0.15) is 5.82 Å². The summed E-state index contributed by atoms with van der Waals surface area (Å²) in [7, 11) is 0. The van der Waals surface area contributed by atoms with E-state index in [1.165, 1.54) is 6.21 Å². The van der Waals surface area contributed by atoms with Crippen LogP contribution in [0, 0.1) is 5.41 Å². The molecule has 0 saturated heterocycles. The van der Waals surface area contributed by atoms with Gasteiger partial charge in [-0.2, -0.15) is 0 Å². The Hall–Kier alpha value is -3.16. The summed E-state index contributed by atoms with van der Waals surface area (Å²) in [5.41, 5.74) is 2.85. The molecular weight excluding hydrogens is 399 g/mol. The first kappa shape index (κ1) is 19.6. The van der Waals surface area contributed by atoms with Crippen molar-refractivity contribution in [1.82, 2.24) is 15.3 Å². The standard InChI is InChI=1S/C19H16Cl2N6O/c20-15-2-1-12(7-16(15)21)10-25-19(28)27-18-8-13(9-22)17(11-24-18)26-14-3-5-23-6-4-14/h1-9,11,22H,10H2,(H,23,26)(H2,24,25,27,28). The van der Waals surface area contributed by atoms with Gasteiger partial charge in [0.25, 0.3) is 0 Å². The van der Waals surface area contributed by atoms with E-state index in [-0.39, 0.29) is 6.54 Å². The second-order valence-electron chi connectivity index (χ2n) is 5.72. The van der Waals surface area contributed by atoms with E-state index >= 15 is 0 Å². The lowest BCUT2D eigenvalue weighted by molar-refractivity contribution is 0.251. The summed E-state index contributed by atoms with van der Waals surface area (Å²) < 4.78 is 0. The fourth-order valence-electron chi connectivity index (χ4n) is 2.35. The quantitative estimate of drug-likeness (QED) is 0.433. The Kier molecular flexibility index (Phi) is 6.41. The minimum absolute atomic E-state index is 0.280. The van der Waals surface area contributed by atoms with Gasteiger partial charge in [0.2, 0.25) is 0 Å². The van der Waals surface area contributed by atoms with Gasteiger partial charge in [0.05, 0.1) is 21.9 Å². The number of halogens is 2. The number of hydrogen-bond acceptors (Lipinski definition) is 5. The second kappa shape index (κ2) is 9.16. The largest absolute Gasteiger partial charge is 0.354 e. The Morgan fingerprint density at radius 2 is 1.89 bits per heavy atom. The summed E-state index contributed by atoms with van der Waals surface area (Å²) in [5.74, 6) is 0.324. The highest BCUT2D eigenvalue weighted by atomic mass is 35.5. The maximum Gasteiger partial charge on any atom is 0.320 e. The number of aromatic nitrogens is 2. The fourth-order valence-corrected chi connectivity index (χ4v) is 2.67. The molecule has 7 nitrogen and oxygen atoms in total. The molecule has 9 heteroatoms. The summed E-state index contributed by atoms with van der Waals surface area (Å²) in [6, 6.07) is 9.92. The van der Waals surface area contributed by atoms with Crippen molar-refractivity contribution < 1.29 is 4.79 Å². The first-order chi connectivity index (χ1) is 13.5. The van der Waals surface area contributed by atoms with Crippen molar-refractivity contribution in [2.75, 3.05) is 10.6 Å². The Bertz CT molecular complexity index is 997. The molecule has 0 unspecified atom stereocenters. The minimum atomic E-state index is -0.427. The molecule has 3 rings (SSSR count). The number of amides is 2. The van der Waals surface area contributed by atoms with Crippen LogP contribution in [0.5, 0.6) is 0 Å². The number of benzene rings is 1. The van der Waals surface area contributed by atoms with Crippen molar-refractivity contribution in [3.63, 3.8) is 0 Å². The molecule has 0 radical (unpaired) electrons. The van der Waals surface area contributed by atoms with E-state index in [9.17, 15) is 4.79 Å². The smallest absolute Gasteiger partial charge is 0.320 e. The number of rotatable bonds is 6. The SMILES string of the molecule is N=Cc1cc(NC(=O)NCc2ccc(Cl)c(Cl)c2)ncc1Nc1ccncc1. The fraction of sp³-hybridized carbons (Fsp3) is 0.0526. The number of nitrogens with one attached hydrogen (secondary N) is 4. The molecule has 0 bridgehead atoms. The molecule has 0 aliphatic rings. The zero-order valence-electron chi connectivity index (χ0n) is 14.5. The molecule has 142 valence electrons. The Morgan fingerprint density at radius 1 is 1.11 bits per heavy atom. The maximum atomic E-state index is 12.1. The number of anilines is 3. The summed E-state index contributed by atoms with van der Waals surface area (Å²) in [6.45, 7) is 0.280. The van der Waals surface area contributed by atoms with Gasteiger partial charge < -0.3 is 16.0 Å². The molecule has 0 saturated carbocycles. The highest BCUT2D eigenvalue weighted by Crippen LogP contribution is 2.23. The van der Waals surface area contributed by atoms with Crippen molar-refractivity contribution in [2.45, 2.75) is 6.54 Å². The lowest BCUT2D eigenvalue weighted by Gasteiger charge is -2.12. The van der Waals surface area contributed by atoms with Gasteiger partial charge in [0.15, 0.2) is 0 Å². The molecule has 2 amide bonds. The third-order valence-corrected chi connectivity index (χ3v) is 4.47. The number of carbonyl (C=O) groups excluding carboxylic acids is 1. The highest BCUT2D eigenvalue weighted by molar-refractivity contribution is 6.42. The summed E-state index contributed by atoms with van der Waals surface area (Å²) in [6.07, 6.45) is 6.06. The Balaban J connectivity index is 1.62. The predicted octanol–water partition coefficient (Wildman–Crippen LogP) is 4.85. The molecule has 0 aliphatic carbocycles. The molecule has 2 heterocycles. The van der Waals surface area contributed by atoms with Crippen LogP contribution in [-0.2, 0) is 6.54 Å². The number of carbonyl (C=O) groups is 1. The van der Waals surface area contributed by atoms with Crippen LogP contribution in [0.15, 0.2) is 55.0 Å². The Morgan fingerprint density at radius 3 is 2.61 bits per heavy atom. The summed E-state index contributed by atoms with van der Waals surface area (Å²) in [5, 5.41) is 17.0. The molecule has 0 spiro atoms. The van der Waals surface area contributed by atoms with Crippen LogP contribution < -0.4 is 16.0 Å². The van der Waals surface area contributed by atoms with Crippen LogP contribution in [-0.4, -0.2) is 22.2 Å². The molecular formula is C19H16Cl2N6O. The first-order valence-corrected chi connectivity index (χ1v) is 8.97. The van der Waals surface area contributed by atoms with Gasteiger partial charge in [-0.25, -0.2) is 9.78 Å². The monoisotopic (exact) mass is 414 g/mol. The predicted molar refractivity (Wildman–Crippen MR) is 112 cm³/mol. The van der Waals surface area contributed by atoms with E-state index in [0.717, 1.165) is 11.3 Å². The van der Waals surface area contributed by atoms with Gasteiger partial charge in [-0.05, 0) is 35.9 Å². The normalized spacial score (nSPS) is 10.2. The van der Waals surface area contributed by atoms with Gasteiger partial charge in [-0.1, -0.05) is 29.3 Å². The number of urea groups is 1. The lowest BCUT2D eigenvalue weighted by Crippen LogP contribution is -2.28. The zero-order valence-corrected chi connectivity index (χ0v) is 16.1. The average molecular weight is 415 g/mol. The molecule has 0 atom stereocenters. The van der Waals surface area contributed by atoms with Crippen molar-refractivity contribution >= 4 is 52.6 Å². The highest BCUT2D eigenvalue weighted by Gasteiger charge is 2.08. The third kappa shape index (κ3) is 5.18. The molecule has 0 aliphatic heterocycles. The molecule has 0 fully saturated rings. The topological polar surface area (TPSA) is 103 Å². The number of pyridine rings is 2. The average Bonchev–Trinajstić information content (AvgIpc) is 2.71. The van der Waals surface area contributed by atoms with Gasteiger partial charge >= 0.3 is 6.03 Å². The van der Waals surface area contributed by atoms with E-state index < -0.39 is 6.03 Å². The van der Waals surface area contributed by atoms with Crippen LogP contribution in [0.25, 0.3) is 0 Å². The number of hydrogen-bond donors (Lipinski definition) is 4. The molecule has 1 aromatic carbocycles. The molecule has 2 aromatic heterocycles. The van der Waals surface area contributed by atoms with Crippen LogP contribution in [0.1, 0.15) is 11.1 Å². The molecule has 28 heavy (non-hydrogen) atoms. The van der Waals surface area contributed by atoms with Crippen LogP contribution >= 0.6 is 23.2 Å². The maximum absolute atomic E-state index is 12.1. The molecule has 3 aromatic rings. The van der Waals surface area contributed by atoms with Crippen molar-refractivity contribution in [3.8, 4) is 0 Å². The van der Waals surface area contributed by atoms with Crippen LogP contribution in [0.3, 0.4) is 0 Å². The molecule has 4 N–H and O–H groups in total. The minimum Gasteiger partial charge on any atom is -0.354 e. The first-order valence-electron chi connectivity index (χ1n) is 8.21. The Labute approximate surface area is 171 Å². The van der Waals surface area contributed by atoms with E-state index in [0.29, 0.717) is 27.1 Å². The summed E-state index contributed by atoms with van der Waals surface area (Å²) >= 11 is 11.8. The van der Waals surface area contributed by atoms with Gasteiger partial charge in [-0.3, -0.25) is 10.3 Å². The van der Waals surface area contributed by atoms with Gasteiger partial charge in [-0.15, -0.1) is 0 Å². The third-order valence-electron chi connectivity index (χ3n) is 3.73. The van der Waals surface area contributed by atoms with Crippen molar-refractivity contribution in [1.29, 1.82) is 5.41 Å². The lowest BCUT2D eigenvalue weighted by atomic mass is 10.2. The van der Waals surface area contributed by atoms with Crippen LogP contribution in [0.2, 0.25) is 10.0 Å². The summed E-state index contributed by atoms with van der Waals surface area (Å²) in [4.78, 5) is 20.3. The van der Waals surface area contributed by atoms with E-state index in [2.05, 4.69) is 25.9 Å². The van der Waals surface area contributed by atoms with Crippen molar-refractivity contribution in [2.24, 2.45) is 0 Å².